The van der Waals surface area contributed by atoms with Crippen LogP contribution in [0.2, 0.25) is 15.1 Å². The number of likely N-dealkylation sites (N-methyl/N-ethyl adjacent to an activating group) is 1. The number of benzene rings is 7. The van der Waals surface area contributed by atoms with E-state index in [1.165, 1.54) is 44.3 Å². The van der Waals surface area contributed by atoms with Crippen molar-refractivity contribution >= 4 is 82.1 Å². The van der Waals surface area contributed by atoms with Crippen LogP contribution in [-0.2, 0) is 68.6 Å². The average Bonchev–Trinajstić information content (AvgIpc) is 0.760. The first-order valence-electron chi connectivity index (χ1n) is 40.1. The minimum absolute atomic E-state index is 0.119. The van der Waals surface area contributed by atoms with Gasteiger partial charge in [-0.25, -0.2) is 4.79 Å². The summed E-state index contributed by atoms with van der Waals surface area (Å²) in [6, 6.07) is 13.2. The number of phenols is 3. The number of carbonyl (C=O) groups excluding carboxylic acids is 7. The molecular weight excluding hydrogens is 1700 g/mol. The Kier molecular flexibility index (Phi) is 28.2. The number of amides is 7. The Morgan fingerprint density at radius 2 is 1.26 bits per heavy atom. The average molecular weight is 1790 g/mol. The number of hydrogen-bond acceptors (Lipinski definition) is 28. The summed E-state index contributed by atoms with van der Waals surface area (Å²) in [5.41, 5.74) is 11.2. The number of aliphatic hydroxyl groups excluding tert-OH is 6. The quantitative estimate of drug-likeness (QED) is 0.0535. The van der Waals surface area contributed by atoms with Crippen LogP contribution in [-0.4, -0.2) is 215 Å². The number of nitrogens with one attached hydrogen (secondary N) is 8. The van der Waals surface area contributed by atoms with Crippen LogP contribution >= 0.6 is 34.8 Å². The number of rotatable bonds is 19. The number of primary amides is 1. The summed E-state index contributed by atoms with van der Waals surface area (Å²) in [5, 5.41) is 138. The van der Waals surface area contributed by atoms with Gasteiger partial charge >= 0.3 is 5.97 Å². The zero-order valence-electron chi connectivity index (χ0n) is 68.2. The topological polar surface area (TPSA) is 561 Å². The van der Waals surface area contributed by atoms with E-state index in [1.807, 2.05) is 50.2 Å². The number of halogens is 3. The Balaban J connectivity index is 1.02. The van der Waals surface area contributed by atoms with E-state index in [0.29, 0.717) is 5.02 Å². The molecule has 1 unspecified atom stereocenters. The van der Waals surface area contributed by atoms with Gasteiger partial charge in [0.15, 0.2) is 36.2 Å². The molecule has 7 aromatic rings. The SMILES string of the molecule is CN[C@H](CC(C)C)C(=O)N[C@H]1C(=O)N[C@@H](CC(N)=O)C(=O)N[C@H]2C(=O)N[C@H]3C(=O)N[C@H](C(=O)N[C@H](C(=O)O)c4cc(O)cc(O)c4-c4cc3ccc4O)[C@H](O[C@@H]3O[C@@H](C)[C@H](O)C(C)[C@H]3N)c3ccc(c(Cl)c3)Oc3cc2cc(c3O[C@@H]2O[C@H](CO)[C@@H](O)[C@H](O)[C@H]2O[C@H]2C[C@](C)(NCc3ccc(-c4ccc(Cl)cc4)cc3)[C@@H](O)[C@H](C)O2)Oc2ccc(cc2Cl)[C@H]1O. The minimum Gasteiger partial charge on any atom is -0.508 e. The molecule has 3 fully saturated rings. The zero-order valence-corrected chi connectivity index (χ0v) is 70.5. The van der Waals surface area contributed by atoms with Crippen molar-refractivity contribution < 1.29 is 127 Å². The standard InChI is InChI=1S/C86H97Cl3N10O26/c1-34(2)22-51(92-7)77(110)98-67-70(106)42-15-20-55(49(88)24-42)120-57-26-44-27-58(74(57)125-85-75(72(108)71(107)59(33-100)122-85)123-61-31-86(6,76(109)37(5)118-61)93-32-38-8-10-39(11-9-38)40-12-17-45(87)18-13-40)121-56-21-16-43(25-50(56)89)73(124-84-63(91)35(3)69(105)36(4)119-84)68-82(115)97-66(83(116)117)48-28-46(101)29-54(103)62(48)47-23-41(14-19-53(47)102)64(79(112)99-68)96-80(113)65(44)95-78(111)52(30-60(90)104)94-81(67)114/h8-21,23-29,34-37,51-52,59,61,63-73,75-76,84-85,92-93,100-103,105-109H,22,30-33,91H2,1-7H3,(H2,90,104)(H,94,114)(H,95,111)(H,96,113)(H,97,115)(H,98,110)(H,99,112)(H,116,117)/t35?,36-,37-,51+,52-,59+,61-,63+,64+,65+,66-,67+,68-,69+,70+,71+,72-,73+,75+,76-,84-,85-,86-/m0/s1. The number of fused-ring (bicyclic) bond motifs is 15. The molecule has 125 heavy (non-hydrogen) atoms. The maximum absolute atomic E-state index is 16.6. The summed E-state index contributed by atoms with van der Waals surface area (Å²) in [7, 11) is 1.48. The van der Waals surface area contributed by atoms with Gasteiger partial charge in [0, 0.05) is 52.2 Å². The number of nitrogens with two attached hydrogens (primary N) is 2. The number of ether oxygens (including phenoxy) is 8. The number of carboxylic acids is 1. The molecule has 15 rings (SSSR count). The Morgan fingerprint density at radius 3 is 1.88 bits per heavy atom. The third-order valence-electron chi connectivity index (χ3n) is 23.1. The van der Waals surface area contributed by atoms with Crippen LogP contribution < -0.4 is 68.2 Å². The van der Waals surface area contributed by atoms with Crippen LogP contribution in [0.3, 0.4) is 0 Å². The van der Waals surface area contributed by atoms with Crippen molar-refractivity contribution in [1.29, 1.82) is 0 Å². The lowest BCUT2D eigenvalue weighted by atomic mass is 9.84. The molecular formula is C86H97Cl3N10O26. The van der Waals surface area contributed by atoms with Crippen molar-refractivity contribution in [3.8, 4) is 68.2 Å². The van der Waals surface area contributed by atoms with Crippen molar-refractivity contribution in [2.45, 2.75) is 201 Å². The Hall–Kier alpha value is -10.6. The molecule has 8 aliphatic rings. The Bertz CT molecular complexity index is 5240. The lowest BCUT2D eigenvalue weighted by molar-refractivity contribution is -0.334. The first-order valence-corrected chi connectivity index (χ1v) is 41.3. The van der Waals surface area contributed by atoms with E-state index in [0.717, 1.165) is 65.2 Å². The molecule has 668 valence electrons. The maximum Gasteiger partial charge on any atom is 0.330 e. The molecule has 3 saturated heterocycles. The molecule has 8 aliphatic heterocycles. The van der Waals surface area contributed by atoms with Crippen LogP contribution in [0.5, 0.6) is 46.0 Å². The number of aliphatic carboxylic acids is 1. The number of aliphatic hydroxyl groups is 6. The van der Waals surface area contributed by atoms with Gasteiger partial charge < -0.3 is 143 Å². The van der Waals surface area contributed by atoms with E-state index in [1.54, 1.807) is 32.9 Å². The van der Waals surface area contributed by atoms with Crippen molar-refractivity contribution in [3.63, 3.8) is 0 Å². The predicted octanol–water partition coefficient (Wildman–Crippen LogP) is 4.35. The van der Waals surface area contributed by atoms with E-state index in [-0.39, 0.29) is 52.8 Å². The van der Waals surface area contributed by atoms with E-state index < -0.39 is 268 Å². The lowest BCUT2D eigenvalue weighted by Crippen LogP contribution is -2.65. The van der Waals surface area contributed by atoms with E-state index in [4.69, 9.17) is 84.2 Å². The fraction of sp³-hybridized carbons (Fsp3) is 0.419. The number of hydrogen-bond donors (Lipinski definition) is 20. The zero-order chi connectivity index (χ0) is 90.2. The van der Waals surface area contributed by atoms with Crippen molar-refractivity contribution in [2.24, 2.45) is 23.3 Å². The fourth-order valence-corrected chi connectivity index (χ4v) is 16.7. The number of carbonyl (C=O) groups is 8. The van der Waals surface area contributed by atoms with Crippen molar-refractivity contribution in [2.75, 3.05) is 13.7 Å². The Morgan fingerprint density at radius 1 is 0.640 bits per heavy atom. The number of phenolic OH excluding ortho intramolecular Hbond substituents is 3. The van der Waals surface area contributed by atoms with Crippen LogP contribution in [0, 0.1) is 11.8 Å². The molecule has 39 heteroatoms. The molecule has 0 spiro atoms. The second-order valence-corrected chi connectivity index (χ2v) is 33.7. The van der Waals surface area contributed by atoms with Gasteiger partial charge in [0.2, 0.25) is 53.4 Å². The highest BCUT2D eigenvalue weighted by molar-refractivity contribution is 6.32. The molecule has 7 amide bonds. The van der Waals surface area contributed by atoms with Crippen LogP contribution in [0.25, 0.3) is 22.3 Å². The highest BCUT2D eigenvalue weighted by atomic mass is 35.5. The minimum atomic E-state index is -2.40. The van der Waals surface area contributed by atoms with Crippen LogP contribution in [0.15, 0.2) is 127 Å². The molecule has 23 atom stereocenters. The summed E-state index contributed by atoms with van der Waals surface area (Å²) >= 11 is 20.8. The predicted molar refractivity (Wildman–Crippen MR) is 445 cm³/mol. The lowest BCUT2D eigenvalue weighted by Gasteiger charge is -2.48. The Labute approximate surface area is 730 Å². The summed E-state index contributed by atoms with van der Waals surface area (Å²) in [6.07, 6.45) is -22.6. The van der Waals surface area contributed by atoms with Gasteiger partial charge in [-0.2, -0.15) is 0 Å². The van der Waals surface area contributed by atoms with Gasteiger partial charge in [0.25, 0.3) is 0 Å². The smallest absolute Gasteiger partial charge is 0.330 e. The second kappa shape index (κ2) is 38.3. The van der Waals surface area contributed by atoms with Gasteiger partial charge in [-0.1, -0.05) is 110 Å². The maximum atomic E-state index is 16.6. The van der Waals surface area contributed by atoms with E-state index in [9.17, 15) is 65.4 Å². The molecule has 11 bridgehead atoms. The summed E-state index contributed by atoms with van der Waals surface area (Å²) < 4.78 is 52.9. The second-order valence-electron chi connectivity index (χ2n) is 32.4. The van der Waals surface area contributed by atoms with Crippen molar-refractivity contribution in [1.82, 2.24) is 42.5 Å². The molecule has 0 radical (unpaired) electrons. The molecule has 7 aromatic carbocycles. The van der Waals surface area contributed by atoms with Gasteiger partial charge in [0.1, 0.15) is 89.5 Å². The number of carboxylic acid groups (broad SMARTS) is 1. The van der Waals surface area contributed by atoms with Gasteiger partial charge in [-0.15, -0.1) is 0 Å². The highest BCUT2D eigenvalue weighted by Crippen LogP contribution is 2.51. The van der Waals surface area contributed by atoms with E-state index in [2.05, 4.69) is 42.5 Å². The summed E-state index contributed by atoms with van der Waals surface area (Å²) in [5.74, 6) is -17.0. The van der Waals surface area contributed by atoms with Crippen LogP contribution in [0.4, 0.5) is 0 Å². The first kappa shape index (κ1) is 92.1. The summed E-state index contributed by atoms with van der Waals surface area (Å²) in [4.78, 5) is 121. The third kappa shape index (κ3) is 20.0. The third-order valence-corrected chi connectivity index (χ3v) is 23.9. The molecule has 0 aliphatic carbocycles. The monoisotopic (exact) mass is 1790 g/mol. The molecule has 0 aromatic heterocycles. The van der Waals surface area contributed by atoms with Gasteiger partial charge in [-0.3, -0.25) is 33.6 Å². The van der Waals surface area contributed by atoms with Crippen molar-refractivity contribution in [3.05, 3.63) is 176 Å². The summed E-state index contributed by atoms with van der Waals surface area (Å²) in [6.45, 7) is 9.18. The number of aromatic hydroxyl groups is 3. The fourth-order valence-electron chi connectivity index (χ4n) is 16.1. The normalized spacial score (nSPS) is 29.7. The van der Waals surface area contributed by atoms with Crippen LogP contribution in [0.1, 0.15) is 125 Å². The first-order chi connectivity index (χ1) is 59.3. The molecule has 0 saturated carbocycles. The largest absolute Gasteiger partial charge is 0.508 e. The van der Waals surface area contributed by atoms with Gasteiger partial charge in [0.05, 0.1) is 59.6 Å². The van der Waals surface area contributed by atoms with Gasteiger partial charge in [-0.05, 0) is 146 Å². The highest BCUT2D eigenvalue weighted by Gasteiger charge is 2.53. The van der Waals surface area contributed by atoms with E-state index >= 15 is 24.0 Å². The molecule has 36 nitrogen and oxygen atoms in total. The molecule has 22 N–H and O–H groups in total. The molecule has 8 heterocycles.